The van der Waals surface area contributed by atoms with Gasteiger partial charge in [-0.2, -0.15) is 0 Å². The molecule has 0 atom stereocenters. The van der Waals surface area contributed by atoms with Crippen molar-refractivity contribution < 1.29 is 19.2 Å². The first-order chi connectivity index (χ1) is 13.7. The fourth-order valence-electron chi connectivity index (χ4n) is 3.03. The maximum absolute atomic E-state index is 12.5. The molecular weight excluding hydrogens is 374 g/mol. The van der Waals surface area contributed by atoms with Crippen molar-refractivity contribution in [2.24, 2.45) is 0 Å². The number of nitrogens with zero attached hydrogens (tertiary/aromatic N) is 2. The highest BCUT2D eigenvalue weighted by atomic mass is 16.6. The Kier molecular flexibility index (Phi) is 7.17. The van der Waals surface area contributed by atoms with Crippen LogP contribution in [-0.2, 0) is 11.3 Å². The molecule has 0 aromatic heterocycles. The molecule has 156 valence electrons. The van der Waals surface area contributed by atoms with E-state index in [1.54, 1.807) is 27.2 Å². The molecule has 0 aliphatic carbocycles. The van der Waals surface area contributed by atoms with Gasteiger partial charge in [0.15, 0.2) is 11.5 Å². The van der Waals surface area contributed by atoms with Crippen LogP contribution in [0.2, 0.25) is 0 Å². The molecular formula is C21H27N3O5. The van der Waals surface area contributed by atoms with Crippen LogP contribution < -0.4 is 14.8 Å². The normalized spacial score (nSPS) is 10.7. The third-order valence-electron chi connectivity index (χ3n) is 4.78. The fraction of sp³-hybridized carbons (Fsp3) is 0.381. The van der Waals surface area contributed by atoms with Gasteiger partial charge in [0, 0.05) is 12.6 Å². The summed E-state index contributed by atoms with van der Waals surface area (Å²) < 4.78 is 10.6. The number of amides is 1. The Balaban J connectivity index is 2.11. The molecule has 0 saturated heterocycles. The summed E-state index contributed by atoms with van der Waals surface area (Å²) in [6.07, 6.45) is 0. The average molecular weight is 401 g/mol. The molecule has 0 spiro atoms. The van der Waals surface area contributed by atoms with Gasteiger partial charge >= 0.3 is 0 Å². The van der Waals surface area contributed by atoms with E-state index in [1.807, 2.05) is 37.9 Å². The van der Waals surface area contributed by atoms with Crippen LogP contribution in [0.15, 0.2) is 24.3 Å². The van der Waals surface area contributed by atoms with E-state index in [-0.39, 0.29) is 23.8 Å². The zero-order valence-corrected chi connectivity index (χ0v) is 17.7. The Labute approximate surface area is 170 Å². The molecule has 8 nitrogen and oxygen atoms in total. The number of nitrogens with one attached hydrogen (secondary N) is 1. The van der Waals surface area contributed by atoms with Crippen molar-refractivity contribution in [3.63, 3.8) is 0 Å². The number of aryl methyl sites for hydroxylation is 3. The Morgan fingerprint density at radius 1 is 1.03 bits per heavy atom. The van der Waals surface area contributed by atoms with Crippen LogP contribution in [0.1, 0.15) is 22.3 Å². The van der Waals surface area contributed by atoms with E-state index in [9.17, 15) is 14.9 Å². The van der Waals surface area contributed by atoms with Gasteiger partial charge in [0.25, 0.3) is 5.69 Å². The Bertz CT molecular complexity index is 927. The minimum absolute atomic E-state index is 0.0812. The van der Waals surface area contributed by atoms with Crippen molar-refractivity contribution in [1.82, 2.24) is 4.90 Å². The van der Waals surface area contributed by atoms with Crippen molar-refractivity contribution in [2.45, 2.75) is 27.3 Å². The molecule has 1 amide bonds. The highest BCUT2D eigenvalue weighted by molar-refractivity contribution is 5.94. The molecule has 0 aliphatic rings. The first kappa shape index (κ1) is 22.2. The lowest BCUT2D eigenvalue weighted by Crippen LogP contribution is -2.30. The summed E-state index contributed by atoms with van der Waals surface area (Å²) in [5.74, 6) is 0.949. The summed E-state index contributed by atoms with van der Waals surface area (Å²) >= 11 is 0. The van der Waals surface area contributed by atoms with Gasteiger partial charge in [-0.25, -0.2) is 0 Å². The number of carbonyl (C=O) groups is 1. The van der Waals surface area contributed by atoms with Crippen LogP contribution in [0.5, 0.6) is 11.5 Å². The summed E-state index contributed by atoms with van der Waals surface area (Å²) in [5.41, 5.74) is 3.78. The summed E-state index contributed by atoms with van der Waals surface area (Å²) in [6, 6.07) is 6.88. The Morgan fingerprint density at radius 3 is 2.21 bits per heavy atom. The van der Waals surface area contributed by atoms with E-state index in [0.29, 0.717) is 18.0 Å². The molecule has 2 rings (SSSR count). The highest BCUT2D eigenvalue weighted by Crippen LogP contribution is 2.31. The van der Waals surface area contributed by atoms with Gasteiger partial charge in [0.05, 0.1) is 25.7 Å². The Hall–Kier alpha value is -3.13. The average Bonchev–Trinajstić information content (AvgIpc) is 2.65. The fourth-order valence-corrected chi connectivity index (χ4v) is 3.03. The number of methoxy groups -OCH3 is 2. The van der Waals surface area contributed by atoms with E-state index < -0.39 is 4.92 Å². The molecule has 0 saturated carbocycles. The van der Waals surface area contributed by atoms with E-state index in [1.165, 1.54) is 6.07 Å². The third-order valence-corrected chi connectivity index (χ3v) is 4.78. The van der Waals surface area contributed by atoms with Crippen LogP contribution in [0.3, 0.4) is 0 Å². The first-order valence-corrected chi connectivity index (χ1v) is 9.11. The predicted molar refractivity (Wildman–Crippen MR) is 112 cm³/mol. The number of rotatable bonds is 8. The molecule has 0 fully saturated rings. The number of likely N-dealkylation sites (N-methyl/N-ethyl adjacent to an activating group) is 1. The molecule has 2 aromatic rings. The van der Waals surface area contributed by atoms with Gasteiger partial charge in [0.2, 0.25) is 5.91 Å². The number of nitro benzene ring substituents is 1. The number of carbonyl (C=O) groups excluding carboxylic acids is 1. The highest BCUT2D eigenvalue weighted by Gasteiger charge is 2.19. The maximum atomic E-state index is 12.5. The van der Waals surface area contributed by atoms with Crippen LogP contribution in [0.25, 0.3) is 0 Å². The monoisotopic (exact) mass is 401 g/mol. The second-order valence-corrected chi connectivity index (χ2v) is 7.06. The molecule has 0 unspecified atom stereocenters. The topological polar surface area (TPSA) is 93.9 Å². The summed E-state index contributed by atoms with van der Waals surface area (Å²) in [7, 11) is 4.97. The molecule has 0 bridgehead atoms. The van der Waals surface area contributed by atoms with E-state index in [4.69, 9.17) is 9.47 Å². The number of benzene rings is 2. The lowest BCUT2D eigenvalue weighted by atomic mass is 10.1. The standard InChI is InChI=1S/C21H27N3O5/c1-13-7-17(18(24(26)27)8-14(13)2)22-21(25)12-23(4)11-16-10-20(29-6)19(28-5)9-15(16)3/h7-10H,11-12H2,1-6H3,(H,22,25). The summed E-state index contributed by atoms with van der Waals surface area (Å²) in [6.45, 7) is 6.20. The Morgan fingerprint density at radius 2 is 1.62 bits per heavy atom. The smallest absolute Gasteiger partial charge is 0.293 e. The van der Waals surface area contributed by atoms with Crippen molar-refractivity contribution >= 4 is 17.3 Å². The van der Waals surface area contributed by atoms with Gasteiger partial charge in [-0.1, -0.05) is 0 Å². The van der Waals surface area contributed by atoms with Crippen molar-refractivity contribution in [2.75, 3.05) is 33.1 Å². The lowest BCUT2D eigenvalue weighted by Gasteiger charge is -2.19. The molecule has 0 aliphatic heterocycles. The van der Waals surface area contributed by atoms with Gasteiger partial charge in [-0.15, -0.1) is 0 Å². The molecule has 29 heavy (non-hydrogen) atoms. The van der Waals surface area contributed by atoms with Crippen molar-refractivity contribution in [3.8, 4) is 11.5 Å². The van der Waals surface area contributed by atoms with E-state index in [2.05, 4.69) is 5.32 Å². The quantitative estimate of drug-likeness (QED) is 0.536. The molecule has 0 radical (unpaired) electrons. The summed E-state index contributed by atoms with van der Waals surface area (Å²) in [5, 5.41) is 14.0. The third kappa shape index (κ3) is 5.45. The number of nitro groups is 1. The SMILES string of the molecule is COc1cc(C)c(CN(C)CC(=O)Nc2cc(C)c(C)cc2[N+](=O)[O-])cc1OC. The molecule has 0 heterocycles. The minimum Gasteiger partial charge on any atom is -0.493 e. The number of hydrogen-bond acceptors (Lipinski definition) is 6. The second-order valence-electron chi connectivity index (χ2n) is 7.06. The number of ether oxygens (including phenoxy) is 2. The van der Waals surface area contributed by atoms with E-state index in [0.717, 1.165) is 22.3 Å². The predicted octanol–water partition coefficient (Wildman–Crippen LogP) is 3.61. The largest absolute Gasteiger partial charge is 0.493 e. The van der Waals surface area contributed by atoms with Gasteiger partial charge in [-0.3, -0.25) is 19.8 Å². The van der Waals surface area contributed by atoms with Crippen LogP contribution >= 0.6 is 0 Å². The van der Waals surface area contributed by atoms with Crippen molar-refractivity contribution in [1.29, 1.82) is 0 Å². The second kappa shape index (κ2) is 9.38. The zero-order valence-electron chi connectivity index (χ0n) is 17.7. The van der Waals surface area contributed by atoms with Crippen LogP contribution in [0.4, 0.5) is 11.4 Å². The number of anilines is 1. The molecule has 2 aromatic carbocycles. The molecule has 1 N–H and O–H groups in total. The molecule has 8 heteroatoms. The van der Waals surface area contributed by atoms with Crippen molar-refractivity contribution in [3.05, 3.63) is 56.6 Å². The first-order valence-electron chi connectivity index (χ1n) is 9.11. The zero-order chi connectivity index (χ0) is 21.7. The van der Waals surface area contributed by atoms with Crippen LogP contribution in [-0.4, -0.2) is 43.5 Å². The lowest BCUT2D eigenvalue weighted by molar-refractivity contribution is -0.384. The van der Waals surface area contributed by atoms with Gasteiger partial charge in [0.1, 0.15) is 5.69 Å². The maximum Gasteiger partial charge on any atom is 0.293 e. The van der Waals surface area contributed by atoms with Gasteiger partial charge < -0.3 is 14.8 Å². The van der Waals surface area contributed by atoms with E-state index >= 15 is 0 Å². The minimum atomic E-state index is -0.487. The summed E-state index contributed by atoms with van der Waals surface area (Å²) in [4.78, 5) is 25.1. The van der Waals surface area contributed by atoms with Crippen LogP contribution in [0, 0.1) is 30.9 Å². The number of hydrogen-bond donors (Lipinski definition) is 1. The van der Waals surface area contributed by atoms with Gasteiger partial charge in [-0.05, 0) is 68.3 Å².